The third kappa shape index (κ3) is 2.20. The van der Waals surface area contributed by atoms with Crippen molar-refractivity contribution in [1.29, 1.82) is 0 Å². The topological polar surface area (TPSA) is 57.6 Å². The molecule has 1 aliphatic heterocycles. The molecule has 1 saturated heterocycles. The number of hydrogen-bond acceptors (Lipinski definition) is 2. The van der Waals surface area contributed by atoms with Crippen molar-refractivity contribution in [3.8, 4) is 0 Å². The van der Waals surface area contributed by atoms with E-state index in [1.54, 1.807) is 7.05 Å². The van der Waals surface area contributed by atoms with Crippen molar-refractivity contribution >= 4 is 11.9 Å². The molecule has 1 aromatic carbocycles. The smallest absolute Gasteiger partial charge is 0.308 e. The number of nitrogens with zero attached hydrogens (tertiary/aromatic N) is 1. The Kier molecular flexibility index (Phi) is 3.32. The number of carboxylic acid groups (broad SMARTS) is 1. The fourth-order valence-corrected chi connectivity index (χ4v) is 2.41. The van der Waals surface area contributed by atoms with E-state index in [9.17, 15) is 19.1 Å². The lowest BCUT2D eigenvalue weighted by Crippen LogP contribution is -2.42. The molecule has 1 aromatic rings. The van der Waals surface area contributed by atoms with Gasteiger partial charge in [-0.15, -0.1) is 0 Å². The summed E-state index contributed by atoms with van der Waals surface area (Å²) in [7, 11) is 1.59. The van der Waals surface area contributed by atoms with Crippen LogP contribution in [0.15, 0.2) is 24.3 Å². The maximum atomic E-state index is 12.9. The van der Waals surface area contributed by atoms with Crippen LogP contribution in [0.1, 0.15) is 24.4 Å². The van der Waals surface area contributed by atoms with Crippen LogP contribution in [0.4, 0.5) is 4.39 Å². The van der Waals surface area contributed by atoms with Gasteiger partial charge in [0.25, 0.3) is 0 Å². The summed E-state index contributed by atoms with van der Waals surface area (Å²) in [5, 5.41) is 9.22. The molecule has 1 N–H and O–H groups in total. The maximum Gasteiger partial charge on any atom is 0.308 e. The lowest BCUT2D eigenvalue weighted by Gasteiger charge is -2.37. The molecule has 0 saturated carbocycles. The SMILES string of the molecule is CN1C(=O)CC[C@@H](C(=O)O)[C@@H]1c1ccc(F)cc1. The summed E-state index contributed by atoms with van der Waals surface area (Å²) in [4.78, 5) is 24.4. The van der Waals surface area contributed by atoms with E-state index in [0.717, 1.165) is 0 Å². The van der Waals surface area contributed by atoms with Crippen molar-refractivity contribution in [2.24, 2.45) is 5.92 Å². The number of halogens is 1. The van der Waals surface area contributed by atoms with Gasteiger partial charge < -0.3 is 10.0 Å². The molecule has 96 valence electrons. The number of piperidine rings is 1. The normalized spacial score (nSPS) is 24.1. The van der Waals surface area contributed by atoms with Crippen LogP contribution < -0.4 is 0 Å². The molecule has 0 bridgehead atoms. The average Bonchev–Trinajstić information content (AvgIpc) is 2.33. The van der Waals surface area contributed by atoms with Gasteiger partial charge >= 0.3 is 5.97 Å². The molecule has 2 atom stereocenters. The molecule has 0 spiro atoms. The van der Waals surface area contributed by atoms with Gasteiger partial charge in [0.1, 0.15) is 5.82 Å². The monoisotopic (exact) mass is 251 g/mol. The average molecular weight is 251 g/mol. The van der Waals surface area contributed by atoms with Crippen molar-refractivity contribution in [3.63, 3.8) is 0 Å². The highest BCUT2D eigenvalue weighted by Gasteiger charge is 2.38. The minimum Gasteiger partial charge on any atom is -0.481 e. The number of amides is 1. The molecule has 1 aliphatic rings. The maximum absolute atomic E-state index is 12.9. The van der Waals surface area contributed by atoms with Crippen LogP contribution in [-0.2, 0) is 9.59 Å². The zero-order valence-electron chi connectivity index (χ0n) is 9.97. The molecule has 1 fully saturated rings. The summed E-state index contributed by atoms with van der Waals surface area (Å²) in [6, 6.07) is 5.10. The van der Waals surface area contributed by atoms with E-state index in [1.807, 2.05) is 0 Å². The number of carbonyl (C=O) groups is 2. The highest BCUT2D eigenvalue weighted by molar-refractivity contribution is 5.81. The van der Waals surface area contributed by atoms with Gasteiger partial charge in [-0.25, -0.2) is 4.39 Å². The van der Waals surface area contributed by atoms with Gasteiger partial charge in [0, 0.05) is 13.5 Å². The Hall–Kier alpha value is -1.91. The molecule has 1 amide bonds. The predicted octanol–water partition coefficient (Wildman–Crippen LogP) is 1.82. The zero-order valence-corrected chi connectivity index (χ0v) is 9.97. The van der Waals surface area contributed by atoms with E-state index >= 15 is 0 Å². The second-order valence-corrected chi connectivity index (χ2v) is 4.48. The molecule has 0 unspecified atom stereocenters. The number of hydrogen-bond donors (Lipinski definition) is 1. The van der Waals surface area contributed by atoms with E-state index in [-0.39, 0.29) is 18.1 Å². The zero-order chi connectivity index (χ0) is 13.3. The van der Waals surface area contributed by atoms with Gasteiger partial charge in [-0.2, -0.15) is 0 Å². The predicted molar refractivity (Wildman–Crippen MR) is 62.3 cm³/mol. The molecular formula is C13H14FNO3. The van der Waals surface area contributed by atoms with Crippen LogP contribution in [0.3, 0.4) is 0 Å². The Balaban J connectivity index is 2.37. The second-order valence-electron chi connectivity index (χ2n) is 4.48. The van der Waals surface area contributed by atoms with Crippen molar-refractivity contribution in [2.75, 3.05) is 7.05 Å². The fourth-order valence-electron chi connectivity index (χ4n) is 2.41. The Morgan fingerprint density at radius 2 is 2.00 bits per heavy atom. The van der Waals surface area contributed by atoms with Crippen molar-refractivity contribution < 1.29 is 19.1 Å². The summed E-state index contributed by atoms with van der Waals surface area (Å²) in [5.74, 6) is -2.03. The highest BCUT2D eigenvalue weighted by Crippen LogP contribution is 2.35. The third-order valence-electron chi connectivity index (χ3n) is 3.39. The Morgan fingerprint density at radius 1 is 1.39 bits per heavy atom. The van der Waals surface area contributed by atoms with E-state index in [2.05, 4.69) is 0 Å². The Morgan fingerprint density at radius 3 is 2.56 bits per heavy atom. The van der Waals surface area contributed by atoms with Crippen LogP contribution in [0.2, 0.25) is 0 Å². The minimum absolute atomic E-state index is 0.0816. The fraction of sp³-hybridized carbons (Fsp3) is 0.385. The van der Waals surface area contributed by atoms with Gasteiger partial charge in [-0.1, -0.05) is 12.1 Å². The van der Waals surface area contributed by atoms with E-state index < -0.39 is 17.9 Å². The van der Waals surface area contributed by atoms with Gasteiger partial charge in [0.15, 0.2) is 0 Å². The number of benzene rings is 1. The molecular weight excluding hydrogens is 237 g/mol. The van der Waals surface area contributed by atoms with Crippen molar-refractivity contribution in [2.45, 2.75) is 18.9 Å². The van der Waals surface area contributed by atoms with Crippen LogP contribution in [0.25, 0.3) is 0 Å². The van der Waals surface area contributed by atoms with Crippen molar-refractivity contribution in [3.05, 3.63) is 35.6 Å². The first-order valence-corrected chi connectivity index (χ1v) is 5.74. The number of rotatable bonds is 2. The summed E-state index contributed by atoms with van der Waals surface area (Å²) in [6.07, 6.45) is 0.561. The number of carbonyl (C=O) groups excluding carboxylic acids is 1. The summed E-state index contributed by atoms with van der Waals surface area (Å²) in [5.41, 5.74) is 0.652. The first-order valence-electron chi connectivity index (χ1n) is 5.74. The Bertz CT molecular complexity index is 472. The number of likely N-dealkylation sites (tertiary alicyclic amines) is 1. The summed E-state index contributed by atoms with van der Waals surface area (Å²) >= 11 is 0. The number of aliphatic carboxylic acids is 1. The molecule has 1 heterocycles. The second kappa shape index (κ2) is 4.76. The molecule has 5 heteroatoms. The Labute approximate surface area is 104 Å². The van der Waals surface area contributed by atoms with Gasteiger partial charge in [0.2, 0.25) is 5.91 Å². The lowest BCUT2D eigenvalue weighted by atomic mass is 9.85. The molecule has 2 rings (SSSR count). The minimum atomic E-state index is -0.927. The molecule has 0 aromatic heterocycles. The molecule has 0 radical (unpaired) electrons. The largest absolute Gasteiger partial charge is 0.481 e. The highest BCUT2D eigenvalue weighted by atomic mass is 19.1. The molecule has 18 heavy (non-hydrogen) atoms. The third-order valence-corrected chi connectivity index (χ3v) is 3.39. The standard InChI is InChI=1S/C13H14FNO3/c1-15-11(16)7-6-10(13(17)18)12(15)8-2-4-9(14)5-3-8/h2-5,10,12H,6-7H2,1H3,(H,17,18)/t10-,12+/m1/s1. The van der Waals surface area contributed by atoms with E-state index in [0.29, 0.717) is 12.0 Å². The van der Waals surface area contributed by atoms with E-state index in [1.165, 1.54) is 29.2 Å². The van der Waals surface area contributed by atoms with Crippen LogP contribution in [0.5, 0.6) is 0 Å². The summed E-state index contributed by atoms with van der Waals surface area (Å²) in [6.45, 7) is 0. The number of carboxylic acids is 1. The van der Waals surface area contributed by atoms with Crippen LogP contribution in [-0.4, -0.2) is 28.9 Å². The summed E-state index contributed by atoms with van der Waals surface area (Å²) < 4.78 is 12.9. The van der Waals surface area contributed by atoms with Crippen molar-refractivity contribution in [1.82, 2.24) is 4.90 Å². The van der Waals surface area contributed by atoms with E-state index in [4.69, 9.17) is 0 Å². The van der Waals surface area contributed by atoms with Gasteiger partial charge in [0.05, 0.1) is 12.0 Å². The first kappa shape index (κ1) is 12.5. The van der Waals surface area contributed by atoms with Gasteiger partial charge in [-0.3, -0.25) is 9.59 Å². The first-order chi connectivity index (χ1) is 8.50. The quantitative estimate of drug-likeness (QED) is 0.872. The van der Waals surface area contributed by atoms with Gasteiger partial charge in [-0.05, 0) is 24.1 Å². The molecule has 4 nitrogen and oxygen atoms in total. The lowest BCUT2D eigenvalue weighted by molar-refractivity contribution is -0.150. The van der Waals surface area contributed by atoms with Crippen LogP contribution >= 0.6 is 0 Å². The van der Waals surface area contributed by atoms with Crippen LogP contribution in [0, 0.1) is 11.7 Å². The molecule has 0 aliphatic carbocycles.